The van der Waals surface area contributed by atoms with E-state index in [1.54, 1.807) is 0 Å². The van der Waals surface area contributed by atoms with Crippen LogP contribution in [0.15, 0.2) is 0 Å². The second-order valence-corrected chi connectivity index (χ2v) is 3.74. The van der Waals surface area contributed by atoms with Crippen LogP contribution in [-0.2, 0) is 19.8 Å². The van der Waals surface area contributed by atoms with Crippen LogP contribution < -0.4 is 15.3 Å². The van der Waals surface area contributed by atoms with Gasteiger partial charge in [0.15, 0.2) is 0 Å². The summed E-state index contributed by atoms with van der Waals surface area (Å²) >= 11 is 0. The van der Waals surface area contributed by atoms with Gasteiger partial charge < -0.3 is 5.73 Å². The van der Waals surface area contributed by atoms with Crippen LogP contribution in [0.1, 0.15) is 0 Å². The first kappa shape index (κ1) is 14.1. The van der Waals surface area contributed by atoms with E-state index in [2.05, 4.69) is 10.6 Å². The fourth-order valence-electron chi connectivity index (χ4n) is 0.384. The summed E-state index contributed by atoms with van der Waals surface area (Å²) in [4.78, 5) is 15.3. The van der Waals surface area contributed by atoms with Gasteiger partial charge in [0.2, 0.25) is 5.91 Å². The Morgan fingerprint density at radius 2 is 1.93 bits per heavy atom. The van der Waals surface area contributed by atoms with Gasteiger partial charge in [-0.25, -0.2) is 0 Å². The van der Waals surface area contributed by atoms with Crippen molar-refractivity contribution < 1.29 is 31.2 Å². The van der Waals surface area contributed by atoms with Crippen LogP contribution in [0.2, 0.25) is 0 Å². The first-order valence-electron chi connectivity index (χ1n) is 3.35. The molecule has 0 atom stereocenters. The Morgan fingerprint density at radius 3 is 2.33 bits per heavy atom. The fraction of sp³-hybridized carbons (Fsp3) is 0.750. The molecule has 15 heavy (non-hydrogen) atoms. The second-order valence-electron chi connectivity index (χ2n) is 2.28. The zero-order chi connectivity index (χ0) is 12.1. The number of carbonyl (C=O) groups is 1. The van der Waals surface area contributed by atoms with E-state index in [1.165, 1.54) is 4.89 Å². The number of carbonyl (C=O) groups excluding carboxylic acids is 1. The molecule has 0 fully saturated rings. The lowest BCUT2D eigenvalue weighted by Gasteiger charge is -2.09. The molecule has 0 unspecified atom stereocenters. The van der Waals surface area contributed by atoms with Crippen molar-refractivity contribution in [3.8, 4) is 0 Å². The molecule has 0 rings (SSSR count). The topological polar surface area (TPSA) is 111 Å². The van der Waals surface area contributed by atoms with Gasteiger partial charge in [0.1, 0.15) is 13.2 Å². The molecule has 0 spiro atoms. The maximum atomic E-state index is 11.6. The molecule has 0 aromatic heterocycles. The highest BCUT2D eigenvalue weighted by molar-refractivity contribution is 7.87. The average molecular weight is 251 g/mol. The molecule has 0 radical (unpaired) electrons. The minimum absolute atomic E-state index is 0.785. The smallest absolute Gasteiger partial charge is 0.368 e. The van der Waals surface area contributed by atoms with Crippen molar-refractivity contribution in [1.82, 2.24) is 9.61 Å². The number of hydrogen-bond donors (Lipinski definition) is 3. The van der Waals surface area contributed by atoms with Gasteiger partial charge in [-0.1, -0.05) is 4.89 Å². The summed E-state index contributed by atoms with van der Waals surface area (Å²) < 4.78 is 57.2. The second kappa shape index (κ2) is 5.25. The van der Waals surface area contributed by atoms with E-state index >= 15 is 0 Å². The van der Waals surface area contributed by atoms with Crippen molar-refractivity contribution >= 4 is 16.1 Å². The van der Waals surface area contributed by atoms with Gasteiger partial charge in [-0.05, 0) is 0 Å². The third-order valence-corrected chi connectivity index (χ3v) is 1.71. The Balaban J connectivity index is 3.94. The van der Waals surface area contributed by atoms with Gasteiger partial charge in [-0.2, -0.15) is 26.3 Å². The highest BCUT2D eigenvalue weighted by Gasteiger charge is 2.29. The summed E-state index contributed by atoms with van der Waals surface area (Å²) in [6.45, 7) is -2.53. The summed E-state index contributed by atoms with van der Waals surface area (Å²) in [5.41, 5.74) is 4.57. The van der Waals surface area contributed by atoms with Crippen LogP contribution in [0.5, 0.6) is 0 Å². The Kier molecular flexibility index (Phi) is 4.93. The minimum atomic E-state index is -4.68. The van der Waals surface area contributed by atoms with Gasteiger partial charge in [-0.3, -0.25) is 9.63 Å². The molecule has 0 aromatic carbocycles. The monoisotopic (exact) mass is 251 g/mol. The van der Waals surface area contributed by atoms with E-state index < -0.39 is 35.4 Å². The SMILES string of the molecule is NC(=O)CONS(=O)(=O)NCC(F)(F)F. The molecule has 0 saturated carbocycles. The Bertz CT molecular complexity index is 314. The van der Waals surface area contributed by atoms with E-state index in [0.717, 1.165) is 4.72 Å². The average Bonchev–Trinajstić information content (AvgIpc) is 1.99. The quantitative estimate of drug-likeness (QED) is 0.493. The van der Waals surface area contributed by atoms with Crippen molar-refractivity contribution in [3.05, 3.63) is 0 Å². The first-order chi connectivity index (χ1) is 6.62. The van der Waals surface area contributed by atoms with Crippen LogP contribution in [0.3, 0.4) is 0 Å². The molecule has 1 amide bonds. The minimum Gasteiger partial charge on any atom is -0.368 e. The molecule has 0 aromatic rings. The Morgan fingerprint density at radius 1 is 1.40 bits per heavy atom. The highest BCUT2D eigenvalue weighted by atomic mass is 32.2. The highest BCUT2D eigenvalue weighted by Crippen LogP contribution is 2.12. The largest absolute Gasteiger partial charge is 0.402 e. The van der Waals surface area contributed by atoms with E-state index in [4.69, 9.17) is 0 Å². The summed E-state index contributed by atoms with van der Waals surface area (Å²) in [6, 6.07) is 0. The standard InChI is InChI=1S/C4H8F3N3O4S/c5-4(6,7)2-9-15(12,13)10-14-1-3(8)11/h9-10H,1-2H2,(H2,8,11). The number of hydrogen-bond acceptors (Lipinski definition) is 4. The number of nitrogens with one attached hydrogen (secondary N) is 2. The van der Waals surface area contributed by atoms with E-state index in [9.17, 15) is 26.4 Å². The lowest BCUT2D eigenvalue weighted by molar-refractivity contribution is -0.124. The third-order valence-electron chi connectivity index (χ3n) is 0.846. The lowest BCUT2D eigenvalue weighted by Crippen LogP contribution is -2.42. The van der Waals surface area contributed by atoms with Crippen LogP contribution >= 0.6 is 0 Å². The lowest BCUT2D eigenvalue weighted by atomic mass is 10.7. The maximum Gasteiger partial charge on any atom is 0.402 e. The molecule has 0 aliphatic carbocycles. The van der Waals surface area contributed by atoms with Crippen LogP contribution in [-0.4, -0.2) is 33.7 Å². The van der Waals surface area contributed by atoms with Crippen LogP contribution in [0.4, 0.5) is 13.2 Å². The normalized spacial score (nSPS) is 12.7. The van der Waals surface area contributed by atoms with Gasteiger partial charge >= 0.3 is 6.18 Å². The van der Waals surface area contributed by atoms with Crippen molar-refractivity contribution in [2.45, 2.75) is 6.18 Å². The predicted octanol–water partition coefficient (Wildman–Crippen LogP) is -1.61. The first-order valence-corrected chi connectivity index (χ1v) is 4.84. The van der Waals surface area contributed by atoms with Gasteiger partial charge in [0.25, 0.3) is 10.2 Å². The maximum absolute atomic E-state index is 11.6. The Hall–Kier alpha value is -0.910. The number of amides is 1. The summed E-state index contributed by atoms with van der Waals surface area (Å²) in [5, 5.41) is 0. The molecule has 4 N–H and O–H groups in total. The number of nitrogens with two attached hydrogens (primary N) is 1. The van der Waals surface area contributed by atoms with Gasteiger partial charge in [0.05, 0.1) is 0 Å². The number of alkyl halides is 3. The molecule has 0 saturated heterocycles. The summed E-state index contributed by atoms with van der Waals surface area (Å²) in [7, 11) is -4.46. The van der Waals surface area contributed by atoms with Crippen LogP contribution in [0, 0.1) is 0 Å². The zero-order valence-electron chi connectivity index (χ0n) is 7.17. The van der Waals surface area contributed by atoms with Gasteiger partial charge in [-0.15, -0.1) is 0 Å². The molecule has 0 aliphatic rings. The van der Waals surface area contributed by atoms with E-state index in [0.29, 0.717) is 0 Å². The predicted molar refractivity (Wildman–Crippen MR) is 41.3 cm³/mol. The van der Waals surface area contributed by atoms with Crippen molar-refractivity contribution in [2.24, 2.45) is 5.73 Å². The number of halogens is 3. The van der Waals surface area contributed by atoms with E-state index in [-0.39, 0.29) is 0 Å². The zero-order valence-corrected chi connectivity index (χ0v) is 7.98. The van der Waals surface area contributed by atoms with Gasteiger partial charge in [0, 0.05) is 0 Å². The number of rotatable bonds is 6. The summed E-state index contributed by atoms with van der Waals surface area (Å²) in [6.07, 6.45) is -4.68. The fourth-order valence-corrected chi connectivity index (χ4v) is 1.01. The van der Waals surface area contributed by atoms with Crippen molar-refractivity contribution in [2.75, 3.05) is 13.2 Å². The molecule has 0 bridgehead atoms. The molecular weight excluding hydrogens is 243 g/mol. The molecular formula is C4H8F3N3O4S. The molecule has 11 heteroatoms. The van der Waals surface area contributed by atoms with Crippen molar-refractivity contribution in [3.63, 3.8) is 0 Å². The van der Waals surface area contributed by atoms with E-state index in [1.807, 2.05) is 0 Å². The summed E-state index contributed by atoms with van der Waals surface area (Å²) in [5.74, 6) is -0.978. The molecule has 0 aliphatic heterocycles. The number of primary amides is 1. The molecule has 0 heterocycles. The third kappa shape index (κ3) is 9.40. The Labute approximate surface area is 82.9 Å². The molecule has 90 valence electrons. The molecule has 7 nitrogen and oxygen atoms in total. The van der Waals surface area contributed by atoms with Crippen molar-refractivity contribution in [1.29, 1.82) is 0 Å². The van der Waals surface area contributed by atoms with Crippen LogP contribution in [0.25, 0.3) is 0 Å².